The predicted molar refractivity (Wildman–Crippen MR) is 82.4 cm³/mol. The fourth-order valence-electron chi connectivity index (χ4n) is 1.44. The number of rotatable bonds is 4. The fourth-order valence-corrected chi connectivity index (χ4v) is 2.18. The summed E-state index contributed by atoms with van der Waals surface area (Å²) in [4.78, 5) is 15.6. The number of pyridine rings is 1. The highest BCUT2D eigenvalue weighted by molar-refractivity contribution is 9.10. The molecule has 1 heterocycles. The fraction of sp³-hybridized carbons (Fsp3) is 0.0769. The van der Waals surface area contributed by atoms with Gasteiger partial charge in [0.2, 0.25) is 0 Å². The molecule has 1 aromatic heterocycles. The Morgan fingerprint density at radius 3 is 2.85 bits per heavy atom. The summed E-state index contributed by atoms with van der Waals surface area (Å²) < 4.78 is 0.896. The van der Waals surface area contributed by atoms with Crippen molar-refractivity contribution in [3.63, 3.8) is 0 Å². The molecule has 5 nitrogen and oxygen atoms in total. The summed E-state index contributed by atoms with van der Waals surface area (Å²) >= 11 is 9.38. The molecule has 2 aromatic rings. The first kappa shape index (κ1) is 14.6. The van der Waals surface area contributed by atoms with Gasteiger partial charge in [-0.15, -0.1) is 0 Å². The molecule has 0 aliphatic rings. The van der Waals surface area contributed by atoms with Crippen LogP contribution in [0, 0.1) is 0 Å². The standard InChI is InChI=1S/C13H12BrClN4O/c14-10-5-4-9(11(15)7-10)8-17-13(20)19-18-12-3-1-2-6-16-12/h1-7H,8H2,(H,16,18)(H2,17,19,20). The largest absolute Gasteiger partial charge is 0.333 e. The molecule has 20 heavy (non-hydrogen) atoms. The third-order valence-electron chi connectivity index (χ3n) is 2.42. The van der Waals surface area contributed by atoms with Gasteiger partial charge in [-0.05, 0) is 29.8 Å². The van der Waals surface area contributed by atoms with Gasteiger partial charge in [-0.1, -0.05) is 39.7 Å². The number of anilines is 1. The van der Waals surface area contributed by atoms with Crippen LogP contribution in [0.4, 0.5) is 10.6 Å². The van der Waals surface area contributed by atoms with Gasteiger partial charge < -0.3 is 5.32 Å². The van der Waals surface area contributed by atoms with Crippen LogP contribution >= 0.6 is 27.5 Å². The summed E-state index contributed by atoms with van der Waals surface area (Å²) in [5.41, 5.74) is 6.01. The molecule has 0 saturated heterocycles. The van der Waals surface area contributed by atoms with Gasteiger partial charge in [0.25, 0.3) is 0 Å². The van der Waals surface area contributed by atoms with Crippen LogP contribution in [-0.4, -0.2) is 11.0 Å². The molecule has 0 bridgehead atoms. The van der Waals surface area contributed by atoms with Crippen molar-refractivity contribution in [2.45, 2.75) is 6.54 Å². The van der Waals surface area contributed by atoms with Crippen molar-refractivity contribution < 1.29 is 4.79 Å². The van der Waals surface area contributed by atoms with E-state index in [1.54, 1.807) is 24.4 Å². The van der Waals surface area contributed by atoms with Crippen LogP contribution in [0.25, 0.3) is 0 Å². The summed E-state index contributed by atoms with van der Waals surface area (Å²) in [5.74, 6) is 0.560. The number of carbonyl (C=O) groups excluding carboxylic acids is 1. The number of nitrogens with one attached hydrogen (secondary N) is 3. The van der Waals surface area contributed by atoms with E-state index >= 15 is 0 Å². The number of carbonyl (C=O) groups is 1. The maximum atomic E-state index is 11.6. The third kappa shape index (κ3) is 4.40. The zero-order chi connectivity index (χ0) is 14.4. The van der Waals surface area contributed by atoms with Crippen molar-refractivity contribution in [1.82, 2.24) is 15.7 Å². The number of hydrogen-bond donors (Lipinski definition) is 3. The highest BCUT2D eigenvalue weighted by Gasteiger charge is 2.04. The molecule has 0 aliphatic carbocycles. The van der Waals surface area contributed by atoms with E-state index in [0.717, 1.165) is 10.0 Å². The van der Waals surface area contributed by atoms with E-state index in [9.17, 15) is 4.79 Å². The van der Waals surface area contributed by atoms with E-state index in [2.05, 4.69) is 37.1 Å². The lowest BCUT2D eigenvalue weighted by molar-refractivity contribution is 0.242. The van der Waals surface area contributed by atoms with Crippen LogP contribution in [0.2, 0.25) is 5.02 Å². The van der Waals surface area contributed by atoms with Crippen molar-refractivity contribution in [3.8, 4) is 0 Å². The number of aromatic nitrogens is 1. The van der Waals surface area contributed by atoms with Crippen molar-refractivity contribution in [2.75, 3.05) is 5.43 Å². The second-order valence-electron chi connectivity index (χ2n) is 3.88. The molecule has 0 spiro atoms. The monoisotopic (exact) mass is 354 g/mol. The number of benzene rings is 1. The number of hydrogen-bond acceptors (Lipinski definition) is 3. The van der Waals surface area contributed by atoms with Crippen LogP contribution in [0.3, 0.4) is 0 Å². The molecule has 1 aromatic carbocycles. The molecule has 0 saturated carbocycles. The Kier molecular flexibility index (Phi) is 5.20. The summed E-state index contributed by atoms with van der Waals surface area (Å²) in [6.07, 6.45) is 1.63. The van der Waals surface area contributed by atoms with Crippen LogP contribution in [-0.2, 0) is 6.54 Å². The minimum absolute atomic E-state index is 0.335. The predicted octanol–water partition coefficient (Wildman–Crippen LogP) is 3.32. The van der Waals surface area contributed by atoms with E-state index in [0.29, 0.717) is 17.4 Å². The molecule has 0 unspecified atom stereocenters. The normalized spacial score (nSPS) is 9.90. The van der Waals surface area contributed by atoms with E-state index in [1.807, 2.05) is 18.2 Å². The van der Waals surface area contributed by atoms with Crippen molar-refractivity contribution in [1.29, 1.82) is 0 Å². The first-order chi connectivity index (χ1) is 9.65. The molecule has 2 amide bonds. The van der Waals surface area contributed by atoms with Crippen LogP contribution in [0.15, 0.2) is 47.1 Å². The van der Waals surface area contributed by atoms with Crippen molar-refractivity contribution in [3.05, 3.63) is 57.7 Å². The van der Waals surface area contributed by atoms with Gasteiger partial charge in [0.05, 0.1) is 0 Å². The number of hydrazine groups is 1. The number of halogens is 2. The minimum atomic E-state index is -0.366. The van der Waals surface area contributed by atoms with Gasteiger partial charge in [0.1, 0.15) is 5.82 Å². The lowest BCUT2D eigenvalue weighted by Gasteiger charge is -2.10. The van der Waals surface area contributed by atoms with E-state index in [-0.39, 0.29) is 6.03 Å². The summed E-state index contributed by atoms with van der Waals surface area (Å²) in [6, 6.07) is 10.5. The van der Waals surface area contributed by atoms with Gasteiger partial charge >= 0.3 is 6.03 Å². The van der Waals surface area contributed by atoms with Gasteiger partial charge in [0.15, 0.2) is 0 Å². The molecule has 0 aliphatic heterocycles. The Balaban J connectivity index is 1.80. The summed E-state index contributed by atoms with van der Waals surface area (Å²) in [7, 11) is 0. The first-order valence-corrected chi connectivity index (χ1v) is 6.97. The van der Waals surface area contributed by atoms with Gasteiger partial charge in [-0.2, -0.15) is 0 Å². The molecule has 104 valence electrons. The number of nitrogens with zero attached hydrogens (tertiary/aromatic N) is 1. The minimum Gasteiger partial charge on any atom is -0.333 e. The van der Waals surface area contributed by atoms with E-state index < -0.39 is 0 Å². The molecule has 0 radical (unpaired) electrons. The smallest absolute Gasteiger partial charge is 0.333 e. The van der Waals surface area contributed by atoms with E-state index in [1.165, 1.54) is 0 Å². The number of urea groups is 1. The SMILES string of the molecule is O=C(NCc1ccc(Br)cc1Cl)NNc1ccccn1. The maximum absolute atomic E-state index is 11.6. The Labute approximate surface area is 129 Å². The molecule has 2 rings (SSSR count). The molecular weight excluding hydrogens is 344 g/mol. The Morgan fingerprint density at radius 2 is 2.15 bits per heavy atom. The highest BCUT2D eigenvalue weighted by atomic mass is 79.9. The summed E-state index contributed by atoms with van der Waals surface area (Å²) in [6.45, 7) is 0.335. The first-order valence-electron chi connectivity index (χ1n) is 5.80. The third-order valence-corrected chi connectivity index (χ3v) is 3.27. The molecule has 0 atom stereocenters. The topological polar surface area (TPSA) is 66.1 Å². The Bertz CT molecular complexity index is 594. The van der Waals surface area contributed by atoms with Crippen LogP contribution < -0.4 is 16.2 Å². The highest BCUT2D eigenvalue weighted by Crippen LogP contribution is 2.20. The molecular formula is C13H12BrClN4O. The average Bonchev–Trinajstić information content (AvgIpc) is 2.45. The lowest BCUT2D eigenvalue weighted by atomic mass is 10.2. The van der Waals surface area contributed by atoms with Gasteiger partial charge in [-0.3, -0.25) is 10.9 Å². The van der Waals surface area contributed by atoms with Crippen LogP contribution in [0.5, 0.6) is 0 Å². The van der Waals surface area contributed by atoms with E-state index in [4.69, 9.17) is 11.6 Å². The zero-order valence-corrected chi connectivity index (χ0v) is 12.7. The zero-order valence-electron chi connectivity index (χ0n) is 10.4. The Hall–Kier alpha value is -1.79. The van der Waals surface area contributed by atoms with Crippen molar-refractivity contribution in [2.24, 2.45) is 0 Å². The molecule has 7 heteroatoms. The quantitative estimate of drug-likeness (QED) is 0.737. The second-order valence-corrected chi connectivity index (χ2v) is 5.21. The van der Waals surface area contributed by atoms with Gasteiger partial charge in [-0.25, -0.2) is 9.78 Å². The molecule has 3 N–H and O–H groups in total. The Morgan fingerprint density at radius 1 is 1.30 bits per heavy atom. The summed E-state index contributed by atoms with van der Waals surface area (Å²) in [5, 5.41) is 3.28. The van der Waals surface area contributed by atoms with Crippen LogP contribution in [0.1, 0.15) is 5.56 Å². The van der Waals surface area contributed by atoms with Gasteiger partial charge in [0, 0.05) is 22.2 Å². The number of amides is 2. The maximum Gasteiger partial charge on any atom is 0.333 e. The van der Waals surface area contributed by atoms with Crippen molar-refractivity contribution >= 4 is 39.4 Å². The average molecular weight is 356 g/mol. The molecule has 0 fully saturated rings. The second kappa shape index (κ2) is 7.12. The lowest BCUT2D eigenvalue weighted by Crippen LogP contribution is -2.38.